The summed E-state index contributed by atoms with van der Waals surface area (Å²) < 4.78 is 0. The molecule has 0 aromatic carbocycles. The van der Waals surface area contributed by atoms with Gasteiger partial charge in [0.1, 0.15) is 0 Å². The van der Waals surface area contributed by atoms with Crippen molar-refractivity contribution in [2.24, 2.45) is 11.7 Å². The van der Waals surface area contributed by atoms with Crippen LogP contribution >= 0.6 is 0 Å². The zero-order valence-corrected chi connectivity index (χ0v) is 6.81. The van der Waals surface area contributed by atoms with Crippen LogP contribution in [0.4, 0.5) is 0 Å². The minimum Gasteiger partial charge on any atom is -0.319 e. The first-order valence-corrected chi connectivity index (χ1v) is 4.53. The van der Waals surface area contributed by atoms with Crippen LogP contribution in [0.15, 0.2) is 0 Å². The summed E-state index contributed by atoms with van der Waals surface area (Å²) in [5.74, 6) is 1.02. The highest BCUT2D eigenvalue weighted by atomic mass is 16.1. The lowest BCUT2D eigenvalue weighted by Gasteiger charge is -2.36. The van der Waals surface area contributed by atoms with E-state index in [0.29, 0.717) is 11.7 Å². The standard InChI is InChI=1S/C9H15NO/c10-9(4-1-5-9)8(11)6-7-2-3-7/h7H,1-6,10H2. The number of hydrogen-bond acceptors (Lipinski definition) is 2. The molecule has 0 unspecified atom stereocenters. The second-order valence-electron chi connectivity index (χ2n) is 4.08. The normalized spacial score (nSPS) is 27.7. The van der Waals surface area contributed by atoms with Crippen LogP contribution in [0.5, 0.6) is 0 Å². The van der Waals surface area contributed by atoms with Crippen molar-refractivity contribution in [2.75, 3.05) is 0 Å². The number of ketones is 1. The van der Waals surface area contributed by atoms with Crippen LogP contribution in [0.1, 0.15) is 38.5 Å². The Morgan fingerprint density at radius 3 is 2.45 bits per heavy atom. The van der Waals surface area contributed by atoms with E-state index >= 15 is 0 Å². The number of carbonyl (C=O) groups is 1. The molecule has 0 aromatic rings. The highest BCUT2D eigenvalue weighted by molar-refractivity contribution is 5.89. The predicted molar refractivity (Wildman–Crippen MR) is 43.1 cm³/mol. The fourth-order valence-corrected chi connectivity index (χ4v) is 1.62. The van der Waals surface area contributed by atoms with E-state index in [2.05, 4.69) is 0 Å². The number of Topliss-reactive ketones (excluding diaryl/α,β-unsaturated/α-hetero) is 1. The number of carbonyl (C=O) groups excluding carboxylic acids is 1. The van der Waals surface area contributed by atoms with Gasteiger partial charge >= 0.3 is 0 Å². The maximum Gasteiger partial charge on any atom is 0.152 e. The van der Waals surface area contributed by atoms with Gasteiger partial charge in [-0.3, -0.25) is 4.79 Å². The first-order chi connectivity index (χ1) is 5.21. The fourth-order valence-electron chi connectivity index (χ4n) is 1.62. The largest absolute Gasteiger partial charge is 0.319 e. The molecule has 0 heterocycles. The van der Waals surface area contributed by atoms with Gasteiger partial charge in [0.15, 0.2) is 5.78 Å². The van der Waals surface area contributed by atoms with E-state index in [1.807, 2.05) is 0 Å². The molecule has 0 saturated heterocycles. The third-order valence-electron chi connectivity index (χ3n) is 2.97. The van der Waals surface area contributed by atoms with E-state index < -0.39 is 0 Å². The van der Waals surface area contributed by atoms with E-state index in [0.717, 1.165) is 25.7 Å². The Kier molecular flexibility index (Phi) is 1.53. The maximum atomic E-state index is 11.5. The summed E-state index contributed by atoms with van der Waals surface area (Å²) in [6.45, 7) is 0. The molecule has 62 valence electrons. The summed E-state index contributed by atoms with van der Waals surface area (Å²) >= 11 is 0. The van der Waals surface area contributed by atoms with Crippen molar-refractivity contribution < 1.29 is 4.79 Å². The first-order valence-electron chi connectivity index (χ1n) is 4.53. The van der Waals surface area contributed by atoms with Crippen LogP contribution in [0.2, 0.25) is 0 Å². The smallest absolute Gasteiger partial charge is 0.152 e. The van der Waals surface area contributed by atoms with E-state index in [1.54, 1.807) is 0 Å². The molecule has 0 spiro atoms. The highest BCUT2D eigenvalue weighted by Gasteiger charge is 2.41. The maximum absolute atomic E-state index is 11.5. The number of nitrogens with two attached hydrogens (primary N) is 1. The molecule has 2 nitrogen and oxygen atoms in total. The van der Waals surface area contributed by atoms with E-state index in [1.165, 1.54) is 12.8 Å². The van der Waals surface area contributed by atoms with Crippen molar-refractivity contribution in [3.05, 3.63) is 0 Å². The lowest BCUT2D eigenvalue weighted by atomic mass is 9.73. The van der Waals surface area contributed by atoms with Crippen LogP contribution in [0.3, 0.4) is 0 Å². The van der Waals surface area contributed by atoms with Crippen LogP contribution in [-0.4, -0.2) is 11.3 Å². The Balaban J connectivity index is 1.86. The third kappa shape index (κ3) is 1.32. The van der Waals surface area contributed by atoms with Gasteiger partial charge in [-0.15, -0.1) is 0 Å². The zero-order valence-electron chi connectivity index (χ0n) is 6.81. The van der Waals surface area contributed by atoms with Crippen molar-refractivity contribution in [1.82, 2.24) is 0 Å². The monoisotopic (exact) mass is 153 g/mol. The molecule has 2 saturated carbocycles. The molecule has 0 bridgehead atoms. The van der Waals surface area contributed by atoms with Gasteiger partial charge in [-0.05, 0) is 38.0 Å². The molecular formula is C9H15NO. The third-order valence-corrected chi connectivity index (χ3v) is 2.97. The molecule has 0 atom stereocenters. The summed E-state index contributed by atoms with van der Waals surface area (Å²) in [5.41, 5.74) is 5.49. The number of hydrogen-bond donors (Lipinski definition) is 1. The van der Waals surface area contributed by atoms with Gasteiger partial charge in [0, 0.05) is 6.42 Å². The van der Waals surface area contributed by atoms with Gasteiger partial charge in [-0.25, -0.2) is 0 Å². The van der Waals surface area contributed by atoms with E-state index in [9.17, 15) is 4.79 Å². The lowest BCUT2D eigenvalue weighted by molar-refractivity contribution is -0.127. The molecule has 0 aromatic heterocycles. The van der Waals surface area contributed by atoms with Crippen LogP contribution in [-0.2, 0) is 4.79 Å². The second-order valence-corrected chi connectivity index (χ2v) is 4.08. The van der Waals surface area contributed by atoms with Crippen molar-refractivity contribution in [3.63, 3.8) is 0 Å². The summed E-state index contributed by atoms with van der Waals surface area (Å²) in [5, 5.41) is 0. The molecule has 2 rings (SSSR count). The molecule has 11 heavy (non-hydrogen) atoms. The summed E-state index contributed by atoms with van der Waals surface area (Å²) in [6.07, 6.45) is 6.27. The van der Waals surface area contributed by atoms with Gasteiger partial charge in [0.05, 0.1) is 5.54 Å². The predicted octanol–water partition coefficient (Wildman–Crippen LogP) is 1.24. The summed E-state index contributed by atoms with van der Waals surface area (Å²) in [6, 6.07) is 0. The molecule has 0 aliphatic heterocycles. The molecule has 2 N–H and O–H groups in total. The number of rotatable bonds is 3. The van der Waals surface area contributed by atoms with E-state index in [4.69, 9.17) is 5.73 Å². The quantitative estimate of drug-likeness (QED) is 0.662. The topological polar surface area (TPSA) is 43.1 Å². The van der Waals surface area contributed by atoms with Crippen molar-refractivity contribution in [2.45, 2.75) is 44.1 Å². The molecule has 2 aliphatic rings. The lowest BCUT2D eigenvalue weighted by Crippen LogP contribution is -2.53. The average molecular weight is 153 g/mol. The minimum atomic E-state index is -0.386. The minimum absolute atomic E-state index is 0.325. The molecule has 0 radical (unpaired) electrons. The van der Waals surface area contributed by atoms with Gasteiger partial charge in [0.25, 0.3) is 0 Å². The zero-order chi connectivity index (χ0) is 7.90. The van der Waals surface area contributed by atoms with Crippen LogP contribution in [0, 0.1) is 5.92 Å². The van der Waals surface area contributed by atoms with E-state index in [-0.39, 0.29) is 5.54 Å². The highest BCUT2D eigenvalue weighted by Crippen LogP contribution is 2.38. The fraction of sp³-hybridized carbons (Fsp3) is 0.889. The van der Waals surface area contributed by atoms with Gasteiger partial charge in [-0.2, -0.15) is 0 Å². The van der Waals surface area contributed by atoms with Gasteiger partial charge in [0.2, 0.25) is 0 Å². The summed E-state index contributed by atoms with van der Waals surface area (Å²) in [4.78, 5) is 11.5. The Hall–Kier alpha value is -0.370. The van der Waals surface area contributed by atoms with Crippen LogP contribution in [0.25, 0.3) is 0 Å². The SMILES string of the molecule is NC1(C(=O)CC2CC2)CCC1. The molecule has 2 heteroatoms. The Morgan fingerprint density at radius 2 is 2.09 bits per heavy atom. The first kappa shape index (κ1) is 7.29. The van der Waals surface area contributed by atoms with Crippen LogP contribution < -0.4 is 5.73 Å². The van der Waals surface area contributed by atoms with Crippen molar-refractivity contribution in [1.29, 1.82) is 0 Å². The average Bonchev–Trinajstić information content (AvgIpc) is 2.66. The Labute approximate surface area is 67.1 Å². The van der Waals surface area contributed by atoms with Gasteiger partial charge in [-0.1, -0.05) is 0 Å². The Morgan fingerprint density at radius 1 is 1.45 bits per heavy atom. The van der Waals surface area contributed by atoms with Crippen molar-refractivity contribution in [3.8, 4) is 0 Å². The molecule has 2 aliphatic carbocycles. The summed E-state index contributed by atoms with van der Waals surface area (Å²) in [7, 11) is 0. The Bertz CT molecular complexity index is 180. The molecule has 0 amide bonds. The van der Waals surface area contributed by atoms with Crippen molar-refractivity contribution >= 4 is 5.78 Å². The molecule has 2 fully saturated rings. The second kappa shape index (κ2) is 2.31. The molecular weight excluding hydrogens is 138 g/mol. The van der Waals surface area contributed by atoms with Gasteiger partial charge < -0.3 is 5.73 Å².